The molecule has 0 aromatic heterocycles. The Bertz CT molecular complexity index is 961. The molecule has 0 unspecified atom stereocenters. The van der Waals surface area contributed by atoms with Gasteiger partial charge in [0, 0.05) is 23.6 Å². The Labute approximate surface area is 174 Å². The van der Waals surface area contributed by atoms with Gasteiger partial charge in [-0.1, -0.05) is 15.9 Å². The van der Waals surface area contributed by atoms with Gasteiger partial charge in [-0.3, -0.25) is 9.10 Å². The summed E-state index contributed by atoms with van der Waals surface area (Å²) in [6.07, 6.45) is 2.72. The highest BCUT2D eigenvalue weighted by molar-refractivity contribution is 9.10. The molecule has 0 spiro atoms. The van der Waals surface area contributed by atoms with Gasteiger partial charge in [-0.25, -0.2) is 8.42 Å². The number of aryl methyl sites for hydroxylation is 1. The third kappa shape index (κ3) is 4.86. The van der Waals surface area contributed by atoms with Gasteiger partial charge in [-0.05, 0) is 60.9 Å². The van der Waals surface area contributed by atoms with Crippen molar-refractivity contribution < 1.29 is 17.9 Å². The molecule has 1 aliphatic heterocycles. The number of sulfonamides is 1. The molecule has 150 valence electrons. The van der Waals surface area contributed by atoms with Crippen LogP contribution in [0.5, 0.6) is 5.75 Å². The molecule has 28 heavy (non-hydrogen) atoms. The van der Waals surface area contributed by atoms with E-state index in [0.717, 1.165) is 28.6 Å². The molecule has 1 amide bonds. The van der Waals surface area contributed by atoms with Crippen LogP contribution in [0.25, 0.3) is 0 Å². The molecule has 2 aromatic carbocycles. The highest BCUT2D eigenvalue weighted by Crippen LogP contribution is 2.30. The molecule has 0 saturated heterocycles. The topological polar surface area (TPSA) is 66.9 Å². The lowest BCUT2D eigenvalue weighted by atomic mass is 10.0. The van der Waals surface area contributed by atoms with Crippen LogP contribution in [0.2, 0.25) is 0 Å². The van der Waals surface area contributed by atoms with E-state index in [1.165, 1.54) is 10.6 Å². The minimum absolute atomic E-state index is 0.112. The Morgan fingerprint density at radius 1 is 1.21 bits per heavy atom. The third-order valence-corrected chi connectivity index (χ3v) is 6.37. The second kappa shape index (κ2) is 8.53. The summed E-state index contributed by atoms with van der Waals surface area (Å²) < 4.78 is 32.0. The number of anilines is 1. The van der Waals surface area contributed by atoms with E-state index in [0.29, 0.717) is 30.9 Å². The number of benzene rings is 2. The molecule has 0 atom stereocenters. The predicted molar refractivity (Wildman–Crippen MR) is 114 cm³/mol. The van der Waals surface area contributed by atoms with Crippen molar-refractivity contribution in [1.29, 1.82) is 0 Å². The molecule has 3 rings (SSSR count). The number of ether oxygens (including phenoxy) is 1. The summed E-state index contributed by atoms with van der Waals surface area (Å²) in [5, 5.41) is 0. The molecule has 8 heteroatoms. The first-order valence-corrected chi connectivity index (χ1v) is 11.6. The van der Waals surface area contributed by atoms with Crippen molar-refractivity contribution in [2.75, 3.05) is 37.3 Å². The number of likely N-dealkylation sites (N-methyl/N-ethyl adjacent to an activating group) is 1. The summed E-state index contributed by atoms with van der Waals surface area (Å²) in [4.78, 5) is 14.3. The zero-order valence-corrected chi connectivity index (χ0v) is 18.3. The lowest BCUT2D eigenvalue weighted by molar-refractivity contribution is 0.0773. The molecule has 0 bridgehead atoms. The first kappa shape index (κ1) is 20.7. The molecule has 0 radical (unpaired) electrons. The van der Waals surface area contributed by atoms with Gasteiger partial charge in [0.25, 0.3) is 5.91 Å². The first-order chi connectivity index (χ1) is 13.3. The average Bonchev–Trinajstić information content (AvgIpc) is 2.67. The zero-order valence-electron chi connectivity index (χ0n) is 15.9. The molecule has 0 saturated carbocycles. The smallest absolute Gasteiger partial charge is 0.253 e. The monoisotopic (exact) mass is 466 g/mol. The van der Waals surface area contributed by atoms with E-state index in [-0.39, 0.29) is 5.91 Å². The van der Waals surface area contributed by atoms with Crippen LogP contribution in [0.4, 0.5) is 5.69 Å². The van der Waals surface area contributed by atoms with E-state index in [1.54, 1.807) is 30.1 Å². The maximum absolute atomic E-state index is 12.7. The van der Waals surface area contributed by atoms with E-state index in [4.69, 9.17) is 4.74 Å². The Hall–Kier alpha value is -2.06. The number of amides is 1. The Morgan fingerprint density at radius 2 is 1.93 bits per heavy atom. The van der Waals surface area contributed by atoms with Crippen LogP contribution in [0.1, 0.15) is 22.3 Å². The molecule has 0 N–H and O–H groups in total. The normalized spacial score (nSPS) is 13.8. The van der Waals surface area contributed by atoms with Crippen molar-refractivity contribution >= 4 is 37.5 Å². The lowest BCUT2D eigenvalue weighted by Gasteiger charge is -2.29. The standard InChI is InChI=1S/C20H23BrN2O4S/c1-22(12-13-27-18-8-6-17(21)7-9-18)20(24)16-5-10-19-15(14-16)4-3-11-23(19)28(2,25)26/h5-10,14H,3-4,11-13H2,1-2H3. The number of carbonyl (C=O) groups excluding carboxylic acids is 1. The third-order valence-electron chi connectivity index (χ3n) is 4.66. The highest BCUT2D eigenvalue weighted by atomic mass is 79.9. The Kier molecular flexibility index (Phi) is 6.30. The summed E-state index contributed by atoms with van der Waals surface area (Å²) in [5.74, 6) is 0.636. The first-order valence-electron chi connectivity index (χ1n) is 9.00. The number of carbonyl (C=O) groups is 1. The average molecular weight is 467 g/mol. The minimum atomic E-state index is -3.31. The van der Waals surface area contributed by atoms with E-state index in [9.17, 15) is 13.2 Å². The van der Waals surface area contributed by atoms with Crippen LogP contribution < -0.4 is 9.04 Å². The van der Waals surface area contributed by atoms with Crippen molar-refractivity contribution in [3.63, 3.8) is 0 Å². The number of halogens is 1. The molecule has 6 nitrogen and oxygen atoms in total. The fourth-order valence-corrected chi connectivity index (χ4v) is 4.45. The summed E-state index contributed by atoms with van der Waals surface area (Å²) in [5.41, 5.74) is 2.12. The Morgan fingerprint density at radius 3 is 2.61 bits per heavy atom. The maximum atomic E-state index is 12.7. The number of fused-ring (bicyclic) bond motifs is 1. The summed E-state index contributed by atoms with van der Waals surface area (Å²) in [6, 6.07) is 12.8. The molecule has 2 aromatic rings. The van der Waals surface area contributed by atoms with E-state index < -0.39 is 10.0 Å². The fraction of sp³-hybridized carbons (Fsp3) is 0.350. The van der Waals surface area contributed by atoms with Crippen molar-refractivity contribution in [3.8, 4) is 5.75 Å². The number of hydrogen-bond acceptors (Lipinski definition) is 4. The molecule has 1 aliphatic rings. The van der Waals surface area contributed by atoms with E-state index >= 15 is 0 Å². The summed E-state index contributed by atoms with van der Waals surface area (Å²) in [6.45, 7) is 1.31. The van der Waals surface area contributed by atoms with Crippen LogP contribution in [-0.2, 0) is 16.4 Å². The minimum Gasteiger partial charge on any atom is -0.492 e. The molecular formula is C20H23BrN2O4S. The molecule has 0 fully saturated rings. The van der Waals surface area contributed by atoms with Gasteiger partial charge in [0.1, 0.15) is 12.4 Å². The highest BCUT2D eigenvalue weighted by Gasteiger charge is 2.25. The summed E-state index contributed by atoms with van der Waals surface area (Å²) >= 11 is 3.38. The predicted octanol–water partition coefficient (Wildman–Crippen LogP) is 3.31. The number of nitrogens with zero attached hydrogens (tertiary/aromatic N) is 2. The quantitative estimate of drug-likeness (QED) is 0.654. The van der Waals surface area contributed by atoms with Crippen molar-refractivity contribution in [3.05, 3.63) is 58.1 Å². The number of hydrogen-bond donors (Lipinski definition) is 0. The van der Waals surface area contributed by atoms with Gasteiger partial charge < -0.3 is 9.64 Å². The second-order valence-electron chi connectivity index (χ2n) is 6.81. The van der Waals surface area contributed by atoms with Crippen molar-refractivity contribution in [2.45, 2.75) is 12.8 Å². The van der Waals surface area contributed by atoms with Gasteiger partial charge in [0.15, 0.2) is 0 Å². The lowest BCUT2D eigenvalue weighted by Crippen LogP contribution is -2.35. The van der Waals surface area contributed by atoms with Crippen LogP contribution in [0.3, 0.4) is 0 Å². The second-order valence-corrected chi connectivity index (χ2v) is 9.63. The van der Waals surface area contributed by atoms with Crippen molar-refractivity contribution in [2.24, 2.45) is 0 Å². The van der Waals surface area contributed by atoms with E-state index in [1.807, 2.05) is 24.3 Å². The number of rotatable bonds is 6. The molecule has 0 aliphatic carbocycles. The van der Waals surface area contributed by atoms with Crippen LogP contribution in [0, 0.1) is 0 Å². The van der Waals surface area contributed by atoms with Gasteiger partial charge in [0.05, 0.1) is 18.5 Å². The van der Waals surface area contributed by atoms with Crippen LogP contribution >= 0.6 is 15.9 Å². The fourth-order valence-electron chi connectivity index (χ4n) is 3.19. The van der Waals surface area contributed by atoms with Crippen molar-refractivity contribution in [1.82, 2.24) is 4.90 Å². The van der Waals surface area contributed by atoms with Gasteiger partial charge >= 0.3 is 0 Å². The molecular weight excluding hydrogens is 444 g/mol. The van der Waals surface area contributed by atoms with E-state index in [2.05, 4.69) is 15.9 Å². The Balaban J connectivity index is 1.64. The van der Waals surface area contributed by atoms with Crippen LogP contribution in [0.15, 0.2) is 46.9 Å². The maximum Gasteiger partial charge on any atom is 0.253 e. The van der Waals surface area contributed by atoms with Gasteiger partial charge in [0.2, 0.25) is 10.0 Å². The van der Waals surface area contributed by atoms with Gasteiger partial charge in [-0.15, -0.1) is 0 Å². The zero-order chi connectivity index (χ0) is 20.3. The largest absolute Gasteiger partial charge is 0.492 e. The summed E-state index contributed by atoms with van der Waals surface area (Å²) in [7, 11) is -1.58. The SMILES string of the molecule is CN(CCOc1ccc(Br)cc1)C(=O)c1ccc2c(c1)CCCN2S(C)(=O)=O. The van der Waals surface area contributed by atoms with Crippen LogP contribution in [-0.4, -0.2) is 52.2 Å². The molecule has 1 heterocycles. The van der Waals surface area contributed by atoms with Gasteiger partial charge in [-0.2, -0.15) is 0 Å².